The van der Waals surface area contributed by atoms with Crippen molar-refractivity contribution in [2.24, 2.45) is 0 Å². The number of benzene rings is 4. The number of hydrogen-bond donors (Lipinski definition) is 0. The van der Waals surface area contributed by atoms with Crippen LogP contribution in [0, 0.1) is 0 Å². The number of rotatable bonds is 1. The van der Waals surface area contributed by atoms with Crippen LogP contribution in [0.5, 0.6) is 0 Å². The maximum Gasteiger partial charge on any atom is 0.333 e. The SMILES string of the molecule is c1ccc(N2c3ccccc3B3c4c2cc2ccsc2c4-c2nccc4c5ccccc5n3c24)cc1. The summed E-state index contributed by atoms with van der Waals surface area (Å²) < 4.78 is 3.88. The first-order valence-corrected chi connectivity index (χ1v) is 13.1. The summed E-state index contributed by atoms with van der Waals surface area (Å²) in [5.74, 6) is 0. The van der Waals surface area contributed by atoms with E-state index in [1.54, 1.807) is 0 Å². The summed E-state index contributed by atoms with van der Waals surface area (Å²) in [5.41, 5.74) is 11.2. The topological polar surface area (TPSA) is 21.1 Å². The molecule has 0 bridgehead atoms. The van der Waals surface area contributed by atoms with Gasteiger partial charge in [0.05, 0.1) is 11.2 Å². The van der Waals surface area contributed by atoms with E-state index in [1.165, 1.54) is 65.4 Å². The van der Waals surface area contributed by atoms with Crippen LogP contribution in [0.3, 0.4) is 0 Å². The summed E-state index contributed by atoms with van der Waals surface area (Å²) in [6.45, 7) is 0.0803. The number of anilines is 3. The molecule has 2 aliphatic heterocycles. The summed E-state index contributed by atoms with van der Waals surface area (Å²) in [7, 11) is 0. The minimum absolute atomic E-state index is 0.0803. The van der Waals surface area contributed by atoms with Crippen molar-refractivity contribution in [1.29, 1.82) is 0 Å². The number of aromatic nitrogens is 2. The average molecular weight is 475 g/mol. The van der Waals surface area contributed by atoms with Gasteiger partial charge in [0.1, 0.15) is 0 Å². The van der Waals surface area contributed by atoms with Gasteiger partial charge >= 0.3 is 6.85 Å². The molecule has 0 fully saturated rings. The summed E-state index contributed by atoms with van der Waals surface area (Å²) in [6, 6.07) is 35.3. The maximum absolute atomic E-state index is 5.06. The molecule has 0 unspecified atom stereocenters. The van der Waals surface area contributed by atoms with Gasteiger partial charge < -0.3 is 9.38 Å². The van der Waals surface area contributed by atoms with E-state index in [1.807, 2.05) is 17.5 Å². The van der Waals surface area contributed by atoms with E-state index in [-0.39, 0.29) is 6.85 Å². The fourth-order valence-electron chi connectivity index (χ4n) is 6.54. The normalized spacial score (nSPS) is 13.4. The highest BCUT2D eigenvalue weighted by molar-refractivity contribution is 7.18. The van der Waals surface area contributed by atoms with Gasteiger partial charge in [0, 0.05) is 49.8 Å². The van der Waals surface area contributed by atoms with Crippen LogP contribution < -0.4 is 15.8 Å². The Labute approximate surface area is 212 Å². The van der Waals surface area contributed by atoms with E-state index >= 15 is 0 Å². The second-order valence-electron chi connectivity index (χ2n) is 9.60. The van der Waals surface area contributed by atoms with Gasteiger partial charge in [-0.1, -0.05) is 54.6 Å². The maximum atomic E-state index is 5.06. The molecule has 0 atom stereocenters. The zero-order chi connectivity index (χ0) is 23.4. The summed E-state index contributed by atoms with van der Waals surface area (Å²) >= 11 is 1.82. The molecule has 0 amide bonds. The van der Waals surface area contributed by atoms with Gasteiger partial charge in [0.25, 0.3) is 0 Å². The highest BCUT2D eigenvalue weighted by Gasteiger charge is 2.43. The number of pyridine rings is 1. The van der Waals surface area contributed by atoms with Crippen LogP contribution in [0.2, 0.25) is 0 Å². The summed E-state index contributed by atoms with van der Waals surface area (Å²) in [6.07, 6.45) is 1.99. The Morgan fingerprint density at radius 3 is 2.53 bits per heavy atom. The molecule has 36 heavy (non-hydrogen) atoms. The van der Waals surface area contributed by atoms with Crippen LogP contribution in [0.1, 0.15) is 0 Å². The number of thiophene rings is 1. The molecule has 166 valence electrons. The zero-order valence-corrected chi connectivity index (χ0v) is 20.0. The lowest BCUT2D eigenvalue weighted by Crippen LogP contribution is -2.56. The second-order valence-corrected chi connectivity index (χ2v) is 10.5. The summed E-state index contributed by atoms with van der Waals surface area (Å²) in [4.78, 5) is 7.50. The van der Waals surface area contributed by atoms with E-state index in [0.29, 0.717) is 0 Å². The molecular weight excluding hydrogens is 457 g/mol. The van der Waals surface area contributed by atoms with Crippen LogP contribution in [0.4, 0.5) is 17.1 Å². The monoisotopic (exact) mass is 475 g/mol. The van der Waals surface area contributed by atoms with Gasteiger partial charge in [-0.25, -0.2) is 0 Å². The van der Waals surface area contributed by atoms with Crippen molar-refractivity contribution in [3.63, 3.8) is 0 Å². The Kier molecular flexibility index (Phi) is 3.50. The van der Waals surface area contributed by atoms with Gasteiger partial charge in [0.15, 0.2) is 0 Å². The van der Waals surface area contributed by atoms with E-state index < -0.39 is 0 Å². The smallest absolute Gasteiger partial charge is 0.333 e. The molecular formula is C31H18BN3S. The minimum Gasteiger partial charge on any atom is -0.374 e. The molecule has 2 aliphatic rings. The fourth-order valence-corrected chi connectivity index (χ4v) is 7.48. The predicted octanol–water partition coefficient (Wildman–Crippen LogP) is 6.82. The molecule has 3 aromatic heterocycles. The first-order valence-electron chi connectivity index (χ1n) is 12.3. The molecule has 9 rings (SSSR count). The van der Waals surface area contributed by atoms with Crippen molar-refractivity contribution in [2.75, 3.05) is 4.90 Å². The average Bonchev–Trinajstić information content (AvgIpc) is 3.54. The first kappa shape index (κ1) is 18.9. The third kappa shape index (κ3) is 2.18. The van der Waals surface area contributed by atoms with Crippen molar-refractivity contribution in [3.8, 4) is 11.3 Å². The van der Waals surface area contributed by atoms with Gasteiger partial charge in [-0.3, -0.25) is 4.98 Å². The summed E-state index contributed by atoms with van der Waals surface area (Å²) in [5, 5.41) is 6.05. The molecule has 5 heteroatoms. The highest BCUT2D eigenvalue weighted by atomic mass is 32.1. The third-order valence-corrected chi connectivity index (χ3v) is 8.82. The Hall–Kier alpha value is -4.35. The largest absolute Gasteiger partial charge is 0.374 e. The Bertz CT molecular complexity index is 2020. The molecule has 4 aromatic carbocycles. The Morgan fingerprint density at radius 2 is 1.58 bits per heavy atom. The molecule has 0 spiro atoms. The van der Waals surface area contributed by atoms with Gasteiger partial charge in [-0.15, -0.1) is 11.3 Å². The number of fused-ring (bicyclic) bond motifs is 9. The van der Waals surface area contributed by atoms with E-state index in [4.69, 9.17) is 4.98 Å². The van der Waals surface area contributed by atoms with Gasteiger partial charge in [0.2, 0.25) is 0 Å². The lowest BCUT2D eigenvalue weighted by atomic mass is 9.45. The first-order chi connectivity index (χ1) is 17.9. The molecule has 0 saturated carbocycles. The highest BCUT2D eigenvalue weighted by Crippen LogP contribution is 2.47. The molecule has 0 aliphatic carbocycles. The molecule has 7 aromatic rings. The minimum atomic E-state index is 0.0803. The molecule has 0 saturated heterocycles. The zero-order valence-electron chi connectivity index (χ0n) is 19.2. The fraction of sp³-hybridized carbons (Fsp3) is 0. The van der Waals surface area contributed by atoms with Crippen molar-refractivity contribution in [1.82, 2.24) is 9.46 Å². The quantitative estimate of drug-likeness (QED) is 0.243. The van der Waals surface area contributed by atoms with Gasteiger partial charge in [-0.2, -0.15) is 0 Å². The van der Waals surface area contributed by atoms with Crippen LogP contribution in [-0.4, -0.2) is 16.3 Å². The number of nitrogens with zero attached hydrogens (tertiary/aromatic N) is 3. The number of para-hydroxylation sites is 3. The Balaban J connectivity index is 1.55. The number of hydrogen-bond acceptors (Lipinski definition) is 3. The third-order valence-electron chi connectivity index (χ3n) is 7.88. The van der Waals surface area contributed by atoms with Crippen molar-refractivity contribution in [2.45, 2.75) is 0 Å². The van der Waals surface area contributed by atoms with E-state index in [2.05, 4.69) is 112 Å². The predicted molar refractivity (Wildman–Crippen MR) is 153 cm³/mol. The lowest BCUT2D eigenvalue weighted by molar-refractivity contribution is 1.24. The van der Waals surface area contributed by atoms with Crippen LogP contribution in [-0.2, 0) is 0 Å². The molecule has 0 radical (unpaired) electrons. The van der Waals surface area contributed by atoms with Gasteiger partial charge in [-0.05, 0) is 64.2 Å². The van der Waals surface area contributed by atoms with Crippen LogP contribution >= 0.6 is 11.3 Å². The molecule has 0 N–H and O–H groups in total. The van der Waals surface area contributed by atoms with Crippen molar-refractivity contribution in [3.05, 3.63) is 109 Å². The van der Waals surface area contributed by atoms with Crippen LogP contribution in [0.25, 0.3) is 43.1 Å². The van der Waals surface area contributed by atoms with Crippen molar-refractivity contribution < 1.29 is 0 Å². The van der Waals surface area contributed by atoms with Crippen molar-refractivity contribution >= 4 is 78.1 Å². The van der Waals surface area contributed by atoms with E-state index in [9.17, 15) is 0 Å². The second kappa shape index (κ2) is 6.65. The standard InChI is InChI=1S/C31H18BN3S/c1-2-8-20(9-3-1)34-25-13-7-5-11-23(25)32-28-26(34)18-19-15-17-36-31(19)27(28)29-30-22(14-16-33-29)21-10-4-6-12-24(21)35(30)32/h1-18H. The molecule has 3 nitrogen and oxygen atoms in total. The lowest BCUT2D eigenvalue weighted by Gasteiger charge is -2.40. The van der Waals surface area contributed by atoms with E-state index in [0.717, 1.165) is 5.69 Å². The van der Waals surface area contributed by atoms with Crippen LogP contribution in [0.15, 0.2) is 109 Å². The Morgan fingerprint density at radius 1 is 0.750 bits per heavy atom. The molecule has 5 heterocycles.